The molecule has 7 heteroatoms. The Balaban J connectivity index is 2.01. The fraction of sp³-hybridized carbons (Fsp3) is 0.286. The van der Waals surface area contributed by atoms with Crippen LogP contribution in [0.1, 0.15) is 0 Å². The van der Waals surface area contributed by atoms with Crippen molar-refractivity contribution in [2.45, 2.75) is 0 Å². The molecule has 0 fully saturated rings. The Morgan fingerprint density at radius 1 is 1.14 bits per heavy atom. The molecule has 2 N–H and O–H groups in total. The van der Waals surface area contributed by atoms with Gasteiger partial charge in [0.2, 0.25) is 5.95 Å². The number of aromatic nitrogens is 2. The van der Waals surface area contributed by atoms with Crippen LogP contribution in [-0.4, -0.2) is 42.1 Å². The molecule has 0 atom stereocenters. The Morgan fingerprint density at radius 3 is 2.67 bits per heavy atom. The van der Waals surface area contributed by atoms with Gasteiger partial charge in [-0.1, -0.05) is 0 Å². The SMILES string of the molecule is CN(C)CCNc1ccnc(Nc2ccc(F)c(F)c2)n1. The van der Waals surface area contributed by atoms with Gasteiger partial charge in [-0.25, -0.2) is 13.8 Å². The van der Waals surface area contributed by atoms with Crippen molar-refractivity contribution in [1.29, 1.82) is 0 Å². The number of nitrogens with zero attached hydrogens (tertiary/aromatic N) is 3. The summed E-state index contributed by atoms with van der Waals surface area (Å²) in [6, 6.07) is 5.28. The molecule has 5 nitrogen and oxygen atoms in total. The van der Waals surface area contributed by atoms with Crippen LogP contribution in [0.4, 0.5) is 26.2 Å². The van der Waals surface area contributed by atoms with E-state index in [1.165, 1.54) is 6.07 Å². The summed E-state index contributed by atoms with van der Waals surface area (Å²) in [5, 5.41) is 5.99. The lowest BCUT2D eigenvalue weighted by Gasteiger charge is -2.11. The Kier molecular flexibility index (Phi) is 4.99. The van der Waals surface area contributed by atoms with E-state index < -0.39 is 11.6 Å². The maximum atomic E-state index is 13.1. The first-order valence-electron chi connectivity index (χ1n) is 6.48. The molecule has 0 spiro atoms. The van der Waals surface area contributed by atoms with Crippen molar-refractivity contribution in [1.82, 2.24) is 14.9 Å². The molecule has 2 aromatic rings. The smallest absolute Gasteiger partial charge is 0.229 e. The van der Waals surface area contributed by atoms with Gasteiger partial charge in [-0.2, -0.15) is 4.98 Å². The molecule has 1 aromatic heterocycles. The third-order valence-corrected chi connectivity index (χ3v) is 2.70. The first-order valence-corrected chi connectivity index (χ1v) is 6.48. The van der Waals surface area contributed by atoms with Crippen molar-refractivity contribution >= 4 is 17.5 Å². The Bertz CT molecular complexity index is 604. The summed E-state index contributed by atoms with van der Waals surface area (Å²) in [5.41, 5.74) is 0.388. The van der Waals surface area contributed by atoms with E-state index in [9.17, 15) is 8.78 Å². The highest BCUT2D eigenvalue weighted by atomic mass is 19.2. The molecule has 0 aliphatic rings. The van der Waals surface area contributed by atoms with Gasteiger partial charge in [-0.05, 0) is 32.3 Å². The Labute approximate surface area is 122 Å². The van der Waals surface area contributed by atoms with Crippen LogP contribution in [-0.2, 0) is 0 Å². The molecular formula is C14H17F2N5. The first kappa shape index (κ1) is 15.1. The van der Waals surface area contributed by atoms with Crippen molar-refractivity contribution in [3.63, 3.8) is 0 Å². The second kappa shape index (κ2) is 6.94. The zero-order valence-electron chi connectivity index (χ0n) is 11.9. The van der Waals surface area contributed by atoms with Gasteiger partial charge in [0.05, 0.1) is 0 Å². The quantitative estimate of drug-likeness (QED) is 0.857. The van der Waals surface area contributed by atoms with E-state index in [-0.39, 0.29) is 0 Å². The topological polar surface area (TPSA) is 53.1 Å². The zero-order valence-corrected chi connectivity index (χ0v) is 11.9. The fourth-order valence-electron chi connectivity index (χ4n) is 1.63. The molecule has 1 aromatic carbocycles. The fourth-order valence-corrected chi connectivity index (χ4v) is 1.63. The average Bonchev–Trinajstić information content (AvgIpc) is 2.43. The van der Waals surface area contributed by atoms with Gasteiger partial charge in [-0.3, -0.25) is 0 Å². The number of rotatable bonds is 6. The molecule has 0 unspecified atom stereocenters. The van der Waals surface area contributed by atoms with Crippen LogP contribution < -0.4 is 10.6 Å². The van der Waals surface area contributed by atoms with Gasteiger partial charge >= 0.3 is 0 Å². The summed E-state index contributed by atoms with van der Waals surface area (Å²) in [6.07, 6.45) is 1.59. The summed E-state index contributed by atoms with van der Waals surface area (Å²) in [6.45, 7) is 1.62. The van der Waals surface area contributed by atoms with E-state index in [2.05, 4.69) is 25.5 Å². The van der Waals surface area contributed by atoms with Crippen LogP contribution in [0.15, 0.2) is 30.5 Å². The minimum absolute atomic E-state index is 0.316. The highest BCUT2D eigenvalue weighted by Crippen LogP contribution is 2.17. The lowest BCUT2D eigenvalue weighted by Crippen LogP contribution is -2.21. The molecule has 0 bridgehead atoms. The Morgan fingerprint density at radius 2 is 1.95 bits per heavy atom. The monoisotopic (exact) mass is 293 g/mol. The number of nitrogens with one attached hydrogen (secondary N) is 2. The van der Waals surface area contributed by atoms with Gasteiger partial charge in [0.25, 0.3) is 0 Å². The number of anilines is 3. The summed E-state index contributed by atoms with van der Waals surface area (Å²) in [5.74, 6) is -0.825. The highest BCUT2D eigenvalue weighted by Gasteiger charge is 2.04. The summed E-state index contributed by atoms with van der Waals surface area (Å²) in [4.78, 5) is 10.3. The van der Waals surface area contributed by atoms with E-state index in [0.717, 1.165) is 25.2 Å². The third-order valence-electron chi connectivity index (χ3n) is 2.70. The second-order valence-electron chi connectivity index (χ2n) is 4.75. The maximum absolute atomic E-state index is 13.1. The molecule has 0 amide bonds. The van der Waals surface area contributed by atoms with Crippen molar-refractivity contribution in [2.24, 2.45) is 0 Å². The zero-order chi connectivity index (χ0) is 15.2. The average molecular weight is 293 g/mol. The lowest BCUT2D eigenvalue weighted by molar-refractivity contribution is 0.425. The van der Waals surface area contributed by atoms with Gasteiger partial charge in [0.15, 0.2) is 11.6 Å². The number of halogens is 2. The summed E-state index contributed by atoms with van der Waals surface area (Å²) in [7, 11) is 3.97. The highest BCUT2D eigenvalue weighted by molar-refractivity contribution is 5.54. The molecule has 112 valence electrons. The molecule has 0 saturated heterocycles. The largest absolute Gasteiger partial charge is 0.369 e. The lowest BCUT2D eigenvalue weighted by atomic mass is 10.3. The van der Waals surface area contributed by atoms with Crippen LogP contribution in [0.3, 0.4) is 0 Å². The minimum atomic E-state index is -0.916. The van der Waals surface area contributed by atoms with Gasteiger partial charge in [0.1, 0.15) is 5.82 Å². The van der Waals surface area contributed by atoms with Crippen LogP contribution >= 0.6 is 0 Å². The van der Waals surface area contributed by atoms with Crippen LogP contribution in [0.5, 0.6) is 0 Å². The van der Waals surface area contributed by atoms with E-state index >= 15 is 0 Å². The molecule has 21 heavy (non-hydrogen) atoms. The van der Waals surface area contributed by atoms with Crippen molar-refractivity contribution in [3.05, 3.63) is 42.1 Å². The van der Waals surface area contributed by atoms with E-state index in [1.807, 2.05) is 14.1 Å². The third kappa shape index (κ3) is 4.64. The summed E-state index contributed by atoms with van der Waals surface area (Å²) < 4.78 is 26.0. The first-order chi connectivity index (χ1) is 10.0. The number of likely N-dealkylation sites (N-methyl/N-ethyl adjacent to an activating group) is 1. The van der Waals surface area contributed by atoms with Crippen LogP contribution in [0.2, 0.25) is 0 Å². The summed E-state index contributed by atoms with van der Waals surface area (Å²) >= 11 is 0. The van der Waals surface area contributed by atoms with Gasteiger partial charge < -0.3 is 15.5 Å². The minimum Gasteiger partial charge on any atom is -0.369 e. The normalized spacial score (nSPS) is 10.7. The molecule has 0 saturated carbocycles. The maximum Gasteiger partial charge on any atom is 0.229 e. The van der Waals surface area contributed by atoms with E-state index in [1.54, 1.807) is 12.3 Å². The Hall–Kier alpha value is -2.28. The van der Waals surface area contributed by atoms with Crippen molar-refractivity contribution in [3.8, 4) is 0 Å². The number of hydrogen-bond donors (Lipinski definition) is 2. The van der Waals surface area contributed by atoms with Crippen LogP contribution in [0.25, 0.3) is 0 Å². The van der Waals surface area contributed by atoms with Gasteiger partial charge in [0, 0.05) is 31.0 Å². The van der Waals surface area contributed by atoms with Crippen LogP contribution in [0, 0.1) is 11.6 Å². The second-order valence-corrected chi connectivity index (χ2v) is 4.75. The number of hydrogen-bond acceptors (Lipinski definition) is 5. The molecule has 2 rings (SSSR count). The molecular weight excluding hydrogens is 276 g/mol. The molecule has 1 heterocycles. The van der Waals surface area contributed by atoms with E-state index in [4.69, 9.17) is 0 Å². The predicted octanol–water partition coefficient (Wildman–Crippen LogP) is 2.47. The molecule has 0 radical (unpaired) electrons. The van der Waals surface area contributed by atoms with Gasteiger partial charge in [-0.15, -0.1) is 0 Å². The standard InChI is InChI=1S/C14H17F2N5/c1-21(2)8-7-17-13-5-6-18-14(20-13)19-10-3-4-11(15)12(16)9-10/h3-6,9H,7-8H2,1-2H3,(H2,17,18,19,20). The van der Waals surface area contributed by atoms with E-state index in [0.29, 0.717) is 17.5 Å². The molecule has 0 aliphatic carbocycles. The number of benzene rings is 1. The van der Waals surface area contributed by atoms with Crippen molar-refractivity contribution < 1.29 is 8.78 Å². The molecule has 0 aliphatic heterocycles. The van der Waals surface area contributed by atoms with Crippen molar-refractivity contribution in [2.75, 3.05) is 37.8 Å². The predicted molar refractivity (Wildman–Crippen MR) is 78.7 cm³/mol.